The number of H-pyrrole nitrogens is 1. The predicted octanol–water partition coefficient (Wildman–Crippen LogP) is 4.45. The lowest BCUT2D eigenvalue weighted by molar-refractivity contribution is 0.0181. The second kappa shape index (κ2) is 12.1. The third-order valence-electron chi connectivity index (χ3n) is 8.08. The second-order valence-electron chi connectivity index (χ2n) is 12.3. The summed E-state index contributed by atoms with van der Waals surface area (Å²) in [6.07, 6.45) is 9.16. The van der Waals surface area contributed by atoms with Crippen LogP contribution in [0, 0.1) is 5.92 Å². The maximum absolute atomic E-state index is 13.3. The number of pyridine rings is 1. The highest BCUT2D eigenvalue weighted by atomic mass is 32.2. The molecule has 44 heavy (non-hydrogen) atoms. The van der Waals surface area contributed by atoms with Gasteiger partial charge in [-0.25, -0.2) is 13.2 Å². The topological polar surface area (TPSA) is 136 Å². The number of amides is 1. The number of rotatable bonds is 7. The molecule has 0 radical (unpaired) electrons. The number of hydrogen-bond donors (Lipinski definition) is 1. The van der Waals surface area contributed by atoms with Crippen molar-refractivity contribution in [2.24, 2.45) is 13.0 Å². The second-order valence-corrected chi connectivity index (χ2v) is 14.6. The van der Waals surface area contributed by atoms with E-state index >= 15 is 0 Å². The van der Waals surface area contributed by atoms with Crippen LogP contribution >= 0.6 is 0 Å². The highest BCUT2D eigenvalue weighted by Crippen LogP contribution is 2.33. The van der Waals surface area contributed by atoms with Gasteiger partial charge in [0, 0.05) is 55.2 Å². The Balaban J connectivity index is 1.46. The van der Waals surface area contributed by atoms with Crippen molar-refractivity contribution >= 4 is 26.8 Å². The summed E-state index contributed by atoms with van der Waals surface area (Å²) in [6.45, 7) is 8.40. The van der Waals surface area contributed by atoms with Gasteiger partial charge in [-0.15, -0.1) is 0 Å². The molecular weight excluding hydrogens is 582 g/mol. The first-order valence-corrected chi connectivity index (χ1v) is 16.5. The van der Waals surface area contributed by atoms with Crippen LogP contribution < -0.4 is 11.1 Å². The molecule has 0 atom stereocenters. The normalized spacial score (nSPS) is 14.7. The molecule has 3 aromatic heterocycles. The van der Waals surface area contributed by atoms with Crippen molar-refractivity contribution < 1.29 is 17.9 Å². The summed E-state index contributed by atoms with van der Waals surface area (Å²) in [5, 5.41) is 0.667. The van der Waals surface area contributed by atoms with E-state index in [4.69, 9.17) is 4.74 Å². The molecular formula is C32H39N5O6S. The van der Waals surface area contributed by atoms with Gasteiger partial charge in [-0.1, -0.05) is 13.0 Å². The van der Waals surface area contributed by atoms with Gasteiger partial charge in [-0.2, -0.15) is 0 Å². The lowest BCUT2D eigenvalue weighted by Gasteiger charge is -2.33. The van der Waals surface area contributed by atoms with Crippen LogP contribution in [0.2, 0.25) is 0 Å². The molecule has 0 aliphatic carbocycles. The molecule has 1 aliphatic heterocycles. The molecule has 0 bridgehead atoms. The number of fused-ring (bicyclic) bond motifs is 1. The molecule has 1 fully saturated rings. The van der Waals surface area contributed by atoms with Gasteiger partial charge in [0.15, 0.2) is 9.84 Å². The Bertz CT molecular complexity index is 1920. The van der Waals surface area contributed by atoms with Gasteiger partial charge >= 0.3 is 6.09 Å². The maximum atomic E-state index is 13.3. The van der Waals surface area contributed by atoms with Crippen LogP contribution in [0.3, 0.4) is 0 Å². The Labute approximate surface area is 256 Å². The van der Waals surface area contributed by atoms with Gasteiger partial charge in [0.2, 0.25) is 0 Å². The van der Waals surface area contributed by atoms with Gasteiger partial charge in [-0.05, 0) is 70.6 Å². The standard InChI is InChI=1S/C32H39N5O6S/c1-6-44(41,42)23-9-10-24(26-20-35(5)30(39)29-25(26)11-14-33-29)27(17-23)37-19-22(34-18-28(37)38)8-7-21-12-15-36(16-13-21)31(40)43-32(2,3)4/h9-11,14,17-21,33H,6-8,12-13,15-16H2,1-5H3. The van der Waals surface area contributed by atoms with Crippen LogP contribution in [0.15, 0.2) is 63.5 Å². The fraction of sp³-hybridized carbons (Fsp3) is 0.438. The number of hydrogen-bond acceptors (Lipinski definition) is 7. The molecule has 1 N–H and O–H groups in total. The average Bonchev–Trinajstić information content (AvgIpc) is 3.48. The zero-order valence-corrected chi connectivity index (χ0v) is 26.6. The molecule has 5 rings (SSSR count). The van der Waals surface area contributed by atoms with Crippen molar-refractivity contribution in [1.82, 2.24) is 24.0 Å². The first-order valence-electron chi connectivity index (χ1n) is 14.9. The van der Waals surface area contributed by atoms with Crippen LogP contribution in [0.25, 0.3) is 27.7 Å². The van der Waals surface area contributed by atoms with E-state index in [9.17, 15) is 22.8 Å². The molecule has 0 saturated carbocycles. The number of carbonyl (C=O) groups is 1. The molecule has 1 amide bonds. The monoisotopic (exact) mass is 621 g/mol. The zero-order chi connectivity index (χ0) is 31.8. The minimum Gasteiger partial charge on any atom is -0.444 e. The fourth-order valence-electron chi connectivity index (χ4n) is 5.63. The summed E-state index contributed by atoms with van der Waals surface area (Å²) < 4.78 is 34.2. The Morgan fingerprint density at radius 1 is 1.09 bits per heavy atom. The van der Waals surface area contributed by atoms with E-state index in [1.165, 1.54) is 27.5 Å². The smallest absolute Gasteiger partial charge is 0.410 e. The van der Waals surface area contributed by atoms with E-state index < -0.39 is 21.0 Å². The maximum Gasteiger partial charge on any atom is 0.410 e. The van der Waals surface area contributed by atoms with Crippen molar-refractivity contribution in [1.29, 1.82) is 0 Å². The van der Waals surface area contributed by atoms with Gasteiger partial charge < -0.3 is 19.2 Å². The highest BCUT2D eigenvalue weighted by molar-refractivity contribution is 7.91. The molecule has 4 heterocycles. The van der Waals surface area contributed by atoms with E-state index in [2.05, 4.69) is 9.97 Å². The van der Waals surface area contributed by atoms with Crippen LogP contribution in [0.5, 0.6) is 0 Å². The zero-order valence-electron chi connectivity index (χ0n) is 25.8. The van der Waals surface area contributed by atoms with Crippen molar-refractivity contribution in [3.05, 3.63) is 75.5 Å². The number of benzene rings is 1. The van der Waals surface area contributed by atoms with Gasteiger partial charge in [0.1, 0.15) is 11.1 Å². The van der Waals surface area contributed by atoms with Crippen LogP contribution in [-0.2, 0) is 28.0 Å². The number of aromatic amines is 1. The van der Waals surface area contributed by atoms with Crippen LogP contribution in [0.4, 0.5) is 4.79 Å². The third kappa shape index (κ3) is 6.50. The number of aromatic nitrogens is 4. The molecule has 0 unspecified atom stereocenters. The van der Waals surface area contributed by atoms with E-state index in [-0.39, 0.29) is 22.3 Å². The minimum atomic E-state index is -3.57. The Morgan fingerprint density at radius 2 is 1.82 bits per heavy atom. The van der Waals surface area contributed by atoms with Crippen molar-refractivity contribution in [2.75, 3.05) is 18.8 Å². The fourth-order valence-corrected chi connectivity index (χ4v) is 6.53. The van der Waals surface area contributed by atoms with Crippen LogP contribution in [-0.4, -0.2) is 63.0 Å². The van der Waals surface area contributed by atoms with Crippen molar-refractivity contribution in [3.8, 4) is 16.8 Å². The van der Waals surface area contributed by atoms with Gasteiger partial charge in [0.25, 0.3) is 11.1 Å². The molecule has 11 nitrogen and oxygen atoms in total. The number of ether oxygens (including phenoxy) is 1. The summed E-state index contributed by atoms with van der Waals surface area (Å²) >= 11 is 0. The van der Waals surface area contributed by atoms with E-state index in [0.29, 0.717) is 58.8 Å². The van der Waals surface area contributed by atoms with E-state index in [0.717, 1.165) is 19.3 Å². The molecule has 12 heteroatoms. The lowest BCUT2D eigenvalue weighted by atomic mass is 9.92. The molecule has 4 aromatic rings. The summed E-state index contributed by atoms with van der Waals surface area (Å²) in [5.41, 5.74) is 1.66. The highest BCUT2D eigenvalue weighted by Gasteiger charge is 2.27. The molecule has 1 aromatic carbocycles. The first kappa shape index (κ1) is 31.2. The lowest BCUT2D eigenvalue weighted by Crippen LogP contribution is -2.41. The third-order valence-corrected chi connectivity index (χ3v) is 9.82. The molecule has 0 spiro atoms. The first-order chi connectivity index (χ1) is 20.8. The number of aryl methyl sites for hydroxylation is 2. The molecule has 1 aliphatic rings. The molecule has 1 saturated heterocycles. The Kier molecular flexibility index (Phi) is 8.57. The number of nitrogens with zero attached hydrogens (tertiary/aromatic N) is 4. The Morgan fingerprint density at radius 3 is 2.50 bits per heavy atom. The number of carbonyl (C=O) groups excluding carboxylic acids is 1. The number of likely N-dealkylation sites (tertiary alicyclic amines) is 1. The van der Waals surface area contributed by atoms with Gasteiger partial charge in [0.05, 0.1) is 28.2 Å². The number of nitrogens with one attached hydrogen (secondary N) is 1. The SMILES string of the molecule is CCS(=O)(=O)c1ccc(-c2cn(C)c(=O)c3[nH]ccc23)c(-n2cc(CCC3CCN(C(=O)OC(C)(C)C)CC3)ncc2=O)c1. The van der Waals surface area contributed by atoms with Crippen molar-refractivity contribution in [3.63, 3.8) is 0 Å². The number of sulfone groups is 1. The van der Waals surface area contributed by atoms with Gasteiger partial charge in [-0.3, -0.25) is 19.1 Å². The summed E-state index contributed by atoms with van der Waals surface area (Å²) in [6, 6.07) is 6.55. The summed E-state index contributed by atoms with van der Waals surface area (Å²) in [4.78, 5) is 47.7. The quantitative estimate of drug-likeness (QED) is 0.322. The Hall–Kier alpha value is -4.19. The van der Waals surface area contributed by atoms with Crippen LogP contribution in [0.1, 0.15) is 52.7 Å². The minimum absolute atomic E-state index is 0.0864. The predicted molar refractivity (Wildman–Crippen MR) is 169 cm³/mol. The average molecular weight is 622 g/mol. The number of piperidine rings is 1. The molecule has 234 valence electrons. The van der Waals surface area contributed by atoms with E-state index in [1.54, 1.807) is 49.6 Å². The summed E-state index contributed by atoms with van der Waals surface area (Å²) in [7, 11) is -1.92. The van der Waals surface area contributed by atoms with E-state index in [1.807, 2.05) is 20.8 Å². The van der Waals surface area contributed by atoms with Crippen molar-refractivity contribution in [2.45, 2.75) is 63.9 Å². The summed E-state index contributed by atoms with van der Waals surface area (Å²) in [5.74, 6) is 0.300. The largest absolute Gasteiger partial charge is 0.444 e.